The molecule has 6 nitrogen and oxygen atoms in total. The zero-order chi connectivity index (χ0) is 46.5. The van der Waals surface area contributed by atoms with Crippen molar-refractivity contribution in [3.05, 3.63) is 24.3 Å². The standard InChI is InChI=1S/C58H111NO5/c1-3-5-7-9-11-13-15-16-17-18-19-22-25-28-32-36-40-44-48-52-58(63)64-53-49-45-41-37-33-29-26-23-20-21-24-27-31-35-39-43-47-51-57(62)59-55(54-60)56(61)50-46-42-38-34-30-14-12-10-8-6-4-2/h20,23,46,50,55-56,60-61H,3-19,21-22,24-45,47-49,51-54H2,1-2H3,(H,59,62)/b23-20-,50-46+. The van der Waals surface area contributed by atoms with Gasteiger partial charge in [-0.2, -0.15) is 0 Å². The van der Waals surface area contributed by atoms with Gasteiger partial charge in [-0.05, 0) is 57.8 Å². The van der Waals surface area contributed by atoms with E-state index >= 15 is 0 Å². The summed E-state index contributed by atoms with van der Waals surface area (Å²) < 4.78 is 5.49. The van der Waals surface area contributed by atoms with E-state index < -0.39 is 12.1 Å². The summed E-state index contributed by atoms with van der Waals surface area (Å²) in [5, 5.41) is 23.0. The maximum absolute atomic E-state index is 12.4. The first-order valence-corrected chi connectivity index (χ1v) is 28.6. The molecule has 0 bridgehead atoms. The largest absolute Gasteiger partial charge is 0.466 e. The number of rotatable bonds is 53. The summed E-state index contributed by atoms with van der Waals surface area (Å²) in [5.74, 6) is -0.0790. The molecule has 0 spiro atoms. The number of nitrogens with one attached hydrogen (secondary N) is 1. The van der Waals surface area contributed by atoms with E-state index in [2.05, 4.69) is 31.3 Å². The second-order valence-corrected chi connectivity index (χ2v) is 19.6. The molecule has 0 heterocycles. The second-order valence-electron chi connectivity index (χ2n) is 19.6. The molecule has 378 valence electrons. The van der Waals surface area contributed by atoms with Gasteiger partial charge in [0.1, 0.15) is 0 Å². The lowest BCUT2D eigenvalue weighted by atomic mass is 10.0. The summed E-state index contributed by atoms with van der Waals surface area (Å²) in [7, 11) is 0. The topological polar surface area (TPSA) is 95.9 Å². The SMILES string of the molecule is CCCCCCCCCCC/C=C/C(O)C(CO)NC(=O)CCCCCCCCC/C=C\CCCCCCCCOC(=O)CCCCCCCCCCCCCCCCCCCCC. The Morgan fingerprint density at radius 2 is 0.734 bits per heavy atom. The van der Waals surface area contributed by atoms with Crippen LogP contribution < -0.4 is 5.32 Å². The summed E-state index contributed by atoms with van der Waals surface area (Å²) in [5.41, 5.74) is 0. The fourth-order valence-electron chi connectivity index (χ4n) is 8.81. The monoisotopic (exact) mass is 902 g/mol. The highest BCUT2D eigenvalue weighted by molar-refractivity contribution is 5.76. The van der Waals surface area contributed by atoms with Gasteiger partial charge in [-0.3, -0.25) is 9.59 Å². The smallest absolute Gasteiger partial charge is 0.305 e. The van der Waals surface area contributed by atoms with Crippen LogP contribution in [0.5, 0.6) is 0 Å². The molecule has 2 unspecified atom stereocenters. The first kappa shape index (κ1) is 62.3. The van der Waals surface area contributed by atoms with E-state index in [1.54, 1.807) is 6.08 Å². The van der Waals surface area contributed by atoms with Crippen LogP contribution in [0.2, 0.25) is 0 Å². The molecule has 2 atom stereocenters. The van der Waals surface area contributed by atoms with Gasteiger partial charge in [-0.15, -0.1) is 0 Å². The molecular formula is C58H111NO5. The van der Waals surface area contributed by atoms with Crippen LogP contribution in [0, 0.1) is 0 Å². The van der Waals surface area contributed by atoms with Gasteiger partial charge < -0.3 is 20.3 Å². The molecule has 0 aromatic heterocycles. The number of aliphatic hydroxyl groups excluding tert-OH is 2. The molecule has 0 saturated heterocycles. The number of aliphatic hydroxyl groups is 2. The molecule has 6 heteroatoms. The number of amides is 1. The van der Waals surface area contributed by atoms with Crippen LogP contribution in [0.1, 0.15) is 309 Å². The lowest BCUT2D eigenvalue weighted by Gasteiger charge is -2.20. The minimum absolute atomic E-state index is 0.00185. The quantitative estimate of drug-likeness (QED) is 0.0321. The van der Waals surface area contributed by atoms with Crippen molar-refractivity contribution in [3.63, 3.8) is 0 Å². The molecule has 0 radical (unpaired) electrons. The third-order valence-corrected chi connectivity index (χ3v) is 13.2. The number of carbonyl (C=O) groups is 2. The summed E-state index contributed by atoms with van der Waals surface area (Å²) >= 11 is 0. The zero-order valence-corrected chi connectivity index (χ0v) is 43.0. The van der Waals surface area contributed by atoms with Gasteiger partial charge in [-0.25, -0.2) is 0 Å². The van der Waals surface area contributed by atoms with E-state index in [1.165, 1.54) is 225 Å². The van der Waals surface area contributed by atoms with Crippen molar-refractivity contribution in [1.29, 1.82) is 0 Å². The van der Waals surface area contributed by atoms with Gasteiger partial charge in [0.05, 0.1) is 25.4 Å². The second kappa shape index (κ2) is 54.0. The maximum Gasteiger partial charge on any atom is 0.305 e. The Kier molecular flexibility index (Phi) is 52.6. The number of hydrogen-bond acceptors (Lipinski definition) is 5. The van der Waals surface area contributed by atoms with Gasteiger partial charge in [0.25, 0.3) is 0 Å². The summed E-state index contributed by atoms with van der Waals surface area (Å²) in [6.45, 7) is 4.88. The molecule has 0 aliphatic rings. The van der Waals surface area contributed by atoms with Crippen LogP contribution in [0.4, 0.5) is 0 Å². The Bertz CT molecular complexity index is 997. The fraction of sp³-hybridized carbons (Fsp3) is 0.897. The van der Waals surface area contributed by atoms with Crippen molar-refractivity contribution in [2.24, 2.45) is 0 Å². The highest BCUT2D eigenvalue weighted by Crippen LogP contribution is 2.17. The van der Waals surface area contributed by atoms with Crippen LogP contribution >= 0.6 is 0 Å². The van der Waals surface area contributed by atoms with Crippen molar-refractivity contribution < 1.29 is 24.5 Å². The van der Waals surface area contributed by atoms with Gasteiger partial charge in [0, 0.05) is 12.8 Å². The van der Waals surface area contributed by atoms with E-state index in [0.717, 1.165) is 57.8 Å². The highest BCUT2D eigenvalue weighted by atomic mass is 16.5. The van der Waals surface area contributed by atoms with E-state index in [1.807, 2.05) is 6.08 Å². The Labute approximate surface area is 399 Å². The molecule has 0 rings (SSSR count). The summed E-state index contributed by atoms with van der Waals surface area (Å²) in [6.07, 6.45) is 64.9. The third kappa shape index (κ3) is 49.8. The van der Waals surface area contributed by atoms with Crippen LogP contribution in [-0.4, -0.2) is 47.4 Å². The average molecular weight is 903 g/mol. The normalized spacial score (nSPS) is 12.8. The van der Waals surface area contributed by atoms with Crippen molar-refractivity contribution in [2.75, 3.05) is 13.2 Å². The van der Waals surface area contributed by atoms with Crippen LogP contribution in [-0.2, 0) is 14.3 Å². The molecule has 0 aliphatic carbocycles. The van der Waals surface area contributed by atoms with Gasteiger partial charge in [-0.1, -0.05) is 263 Å². The van der Waals surface area contributed by atoms with Crippen molar-refractivity contribution in [1.82, 2.24) is 5.32 Å². The minimum Gasteiger partial charge on any atom is -0.466 e. The third-order valence-electron chi connectivity index (χ3n) is 13.2. The highest BCUT2D eigenvalue weighted by Gasteiger charge is 2.18. The lowest BCUT2D eigenvalue weighted by molar-refractivity contribution is -0.143. The first-order chi connectivity index (χ1) is 31.5. The Morgan fingerprint density at radius 3 is 1.11 bits per heavy atom. The van der Waals surface area contributed by atoms with Crippen LogP contribution in [0.25, 0.3) is 0 Å². The van der Waals surface area contributed by atoms with Crippen molar-refractivity contribution in [3.8, 4) is 0 Å². The minimum atomic E-state index is -0.850. The summed E-state index contributed by atoms with van der Waals surface area (Å²) in [6, 6.07) is -0.635. The fourth-order valence-corrected chi connectivity index (χ4v) is 8.81. The molecule has 0 aromatic carbocycles. The number of unbranched alkanes of at least 4 members (excludes halogenated alkanes) is 40. The first-order valence-electron chi connectivity index (χ1n) is 28.6. The molecule has 1 amide bonds. The Balaban J connectivity index is 3.43. The molecule has 0 fully saturated rings. The molecule has 64 heavy (non-hydrogen) atoms. The molecule has 0 aromatic rings. The van der Waals surface area contributed by atoms with E-state index in [4.69, 9.17) is 4.74 Å². The van der Waals surface area contributed by atoms with Crippen LogP contribution in [0.3, 0.4) is 0 Å². The molecule has 3 N–H and O–H groups in total. The van der Waals surface area contributed by atoms with E-state index in [0.29, 0.717) is 19.4 Å². The van der Waals surface area contributed by atoms with E-state index in [9.17, 15) is 19.8 Å². The number of carbonyl (C=O) groups excluding carboxylic acids is 2. The van der Waals surface area contributed by atoms with Gasteiger partial charge >= 0.3 is 5.97 Å². The molecule has 0 saturated carbocycles. The predicted molar refractivity (Wildman–Crippen MR) is 278 cm³/mol. The number of hydrogen-bond donors (Lipinski definition) is 3. The van der Waals surface area contributed by atoms with Gasteiger partial charge in [0.15, 0.2) is 0 Å². The van der Waals surface area contributed by atoms with Crippen molar-refractivity contribution in [2.45, 2.75) is 321 Å². The summed E-state index contributed by atoms with van der Waals surface area (Å²) in [4.78, 5) is 24.5. The predicted octanol–water partition coefficient (Wildman–Crippen LogP) is 17.5. The Morgan fingerprint density at radius 1 is 0.422 bits per heavy atom. The van der Waals surface area contributed by atoms with Gasteiger partial charge in [0.2, 0.25) is 5.91 Å². The molecule has 0 aliphatic heterocycles. The van der Waals surface area contributed by atoms with Crippen molar-refractivity contribution >= 4 is 11.9 Å². The maximum atomic E-state index is 12.4. The van der Waals surface area contributed by atoms with Crippen LogP contribution in [0.15, 0.2) is 24.3 Å². The number of allylic oxidation sites excluding steroid dienone is 3. The average Bonchev–Trinajstić information content (AvgIpc) is 3.29. The lowest BCUT2D eigenvalue weighted by Crippen LogP contribution is -2.45. The number of ether oxygens (including phenoxy) is 1. The molecular weight excluding hydrogens is 791 g/mol. The van der Waals surface area contributed by atoms with E-state index in [-0.39, 0.29) is 18.5 Å². The number of esters is 1. The Hall–Kier alpha value is -1.66. The zero-order valence-electron chi connectivity index (χ0n) is 43.0.